The van der Waals surface area contributed by atoms with E-state index in [-0.39, 0.29) is 16.8 Å². The fraction of sp³-hybridized carbons (Fsp3) is 1.00. The molecule has 0 amide bonds. The van der Waals surface area contributed by atoms with Crippen LogP contribution in [0, 0.1) is 5.92 Å². The topological polar surface area (TPSA) is 63.2 Å². The van der Waals surface area contributed by atoms with Crippen LogP contribution in [0.3, 0.4) is 0 Å². The third-order valence-corrected chi connectivity index (χ3v) is 7.25. The van der Waals surface area contributed by atoms with Crippen LogP contribution in [0.2, 0.25) is 0 Å². The Bertz CT molecular complexity index is 423. The Labute approximate surface area is 132 Å². The van der Waals surface area contributed by atoms with Crippen LogP contribution in [-0.2, 0) is 20.6 Å². The molecule has 21 heavy (non-hydrogen) atoms. The van der Waals surface area contributed by atoms with Crippen LogP contribution in [0.5, 0.6) is 0 Å². The van der Waals surface area contributed by atoms with E-state index in [1.807, 2.05) is 0 Å². The van der Waals surface area contributed by atoms with Crippen molar-refractivity contribution in [3.63, 3.8) is 0 Å². The SMILES string of the molecule is CCCNC1CCC(CCC)CC1S(=O)CCS(C)(=O)=O. The summed E-state index contributed by atoms with van der Waals surface area (Å²) in [5, 5.41) is 3.63. The molecule has 0 aromatic carbocycles. The largest absolute Gasteiger partial charge is 0.313 e. The highest BCUT2D eigenvalue weighted by atomic mass is 32.2. The van der Waals surface area contributed by atoms with Gasteiger partial charge < -0.3 is 5.32 Å². The molecule has 4 nitrogen and oxygen atoms in total. The van der Waals surface area contributed by atoms with Crippen LogP contribution in [-0.4, -0.2) is 48.2 Å². The lowest BCUT2D eigenvalue weighted by molar-refractivity contribution is 0.284. The van der Waals surface area contributed by atoms with E-state index in [9.17, 15) is 12.6 Å². The average Bonchev–Trinajstić information content (AvgIpc) is 2.43. The quantitative estimate of drug-likeness (QED) is 0.700. The van der Waals surface area contributed by atoms with Gasteiger partial charge in [-0.3, -0.25) is 4.21 Å². The van der Waals surface area contributed by atoms with E-state index in [1.165, 1.54) is 25.5 Å². The van der Waals surface area contributed by atoms with Crippen molar-refractivity contribution >= 4 is 20.6 Å². The molecule has 0 heterocycles. The lowest BCUT2D eigenvalue weighted by Crippen LogP contribution is -2.47. The molecule has 126 valence electrons. The Morgan fingerprint density at radius 2 is 1.90 bits per heavy atom. The zero-order valence-corrected chi connectivity index (χ0v) is 15.3. The van der Waals surface area contributed by atoms with Gasteiger partial charge in [0.25, 0.3) is 0 Å². The number of nitrogens with one attached hydrogen (secondary N) is 1. The van der Waals surface area contributed by atoms with Gasteiger partial charge in [-0.05, 0) is 38.1 Å². The van der Waals surface area contributed by atoms with Gasteiger partial charge in [-0.25, -0.2) is 8.42 Å². The second-order valence-corrected chi connectivity index (χ2v) is 10.3. The van der Waals surface area contributed by atoms with E-state index in [2.05, 4.69) is 19.2 Å². The summed E-state index contributed by atoms with van der Waals surface area (Å²) in [6.07, 6.45) is 7.90. The molecule has 0 radical (unpaired) electrons. The van der Waals surface area contributed by atoms with Crippen molar-refractivity contribution in [3.05, 3.63) is 0 Å². The van der Waals surface area contributed by atoms with Crippen molar-refractivity contribution in [2.75, 3.05) is 24.3 Å². The Balaban J connectivity index is 2.65. The number of rotatable bonds is 9. The summed E-state index contributed by atoms with van der Waals surface area (Å²) >= 11 is 0. The van der Waals surface area contributed by atoms with Gasteiger partial charge in [-0.2, -0.15) is 0 Å². The number of hydrogen-bond donors (Lipinski definition) is 1. The highest BCUT2D eigenvalue weighted by Crippen LogP contribution is 2.31. The number of sulfone groups is 1. The zero-order valence-electron chi connectivity index (χ0n) is 13.6. The highest BCUT2D eigenvalue weighted by Gasteiger charge is 2.33. The van der Waals surface area contributed by atoms with Gasteiger partial charge in [0.2, 0.25) is 0 Å². The van der Waals surface area contributed by atoms with E-state index in [0.717, 1.165) is 25.8 Å². The van der Waals surface area contributed by atoms with Gasteiger partial charge >= 0.3 is 0 Å². The molecule has 1 saturated carbocycles. The lowest BCUT2D eigenvalue weighted by Gasteiger charge is -2.36. The molecule has 1 aliphatic rings. The maximum absolute atomic E-state index is 12.6. The minimum Gasteiger partial charge on any atom is -0.313 e. The van der Waals surface area contributed by atoms with Crippen molar-refractivity contribution < 1.29 is 12.6 Å². The molecular formula is C15H31NO3S2. The maximum Gasteiger partial charge on any atom is 0.148 e. The summed E-state index contributed by atoms with van der Waals surface area (Å²) < 4.78 is 35.2. The van der Waals surface area contributed by atoms with Crippen LogP contribution in [0.15, 0.2) is 0 Å². The third-order valence-electron chi connectivity index (χ3n) is 4.25. The standard InChI is InChI=1S/C15H31NO3S2/c1-4-6-13-7-8-14(16-9-5-2)15(12-13)20(17)10-11-21(3,18)19/h13-16H,4-12H2,1-3H3. The molecule has 0 bridgehead atoms. The van der Waals surface area contributed by atoms with Crippen molar-refractivity contribution in [3.8, 4) is 0 Å². The molecule has 1 rings (SSSR count). The molecule has 0 saturated heterocycles. The first-order valence-corrected chi connectivity index (χ1v) is 11.6. The summed E-state index contributed by atoms with van der Waals surface area (Å²) in [4.78, 5) is 0. The lowest BCUT2D eigenvalue weighted by atomic mass is 9.83. The second-order valence-electron chi connectivity index (χ2n) is 6.28. The predicted molar refractivity (Wildman–Crippen MR) is 90.8 cm³/mol. The molecule has 4 unspecified atom stereocenters. The van der Waals surface area contributed by atoms with Crippen LogP contribution >= 0.6 is 0 Å². The summed E-state index contributed by atoms with van der Waals surface area (Å²) in [5.41, 5.74) is 0. The first-order valence-electron chi connectivity index (χ1n) is 8.15. The van der Waals surface area contributed by atoms with Crippen molar-refractivity contribution in [1.29, 1.82) is 0 Å². The molecular weight excluding hydrogens is 306 g/mol. The molecule has 0 aliphatic heterocycles. The summed E-state index contributed by atoms with van der Waals surface area (Å²) in [5.74, 6) is 0.976. The monoisotopic (exact) mass is 337 g/mol. The van der Waals surface area contributed by atoms with E-state index in [1.54, 1.807) is 0 Å². The molecule has 4 atom stereocenters. The van der Waals surface area contributed by atoms with Crippen LogP contribution in [0.1, 0.15) is 52.4 Å². The molecule has 1 aliphatic carbocycles. The predicted octanol–water partition coefficient (Wildman–Crippen LogP) is 2.12. The zero-order chi connectivity index (χ0) is 15.9. The Kier molecular flexibility index (Phi) is 8.42. The molecule has 0 aromatic heterocycles. The smallest absolute Gasteiger partial charge is 0.148 e. The molecule has 1 N–H and O–H groups in total. The van der Waals surface area contributed by atoms with Gasteiger partial charge in [-0.15, -0.1) is 0 Å². The van der Waals surface area contributed by atoms with Crippen LogP contribution in [0.25, 0.3) is 0 Å². The molecule has 1 fully saturated rings. The van der Waals surface area contributed by atoms with Gasteiger partial charge in [0.1, 0.15) is 9.84 Å². The van der Waals surface area contributed by atoms with Gasteiger partial charge in [0.15, 0.2) is 0 Å². The number of hydrogen-bond acceptors (Lipinski definition) is 4. The minimum atomic E-state index is -3.03. The average molecular weight is 338 g/mol. The maximum atomic E-state index is 12.6. The minimum absolute atomic E-state index is 0.0368. The highest BCUT2D eigenvalue weighted by molar-refractivity contribution is 7.92. The summed E-state index contributed by atoms with van der Waals surface area (Å²) in [6.45, 7) is 5.27. The molecule has 0 aromatic rings. The van der Waals surface area contributed by atoms with E-state index in [0.29, 0.717) is 12.0 Å². The van der Waals surface area contributed by atoms with Crippen molar-refractivity contribution in [2.24, 2.45) is 5.92 Å². The van der Waals surface area contributed by atoms with Gasteiger partial charge in [0, 0.05) is 28.9 Å². The third kappa shape index (κ3) is 7.24. The van der Waals surface area contributed by atoms with Crippen LogP contribution in [0.4, 0.5) is 0 Å². The molecule has 0 spiro atoms. The first-order chi connectivity index (χ1) is 9.87. The van der Waals surface area contributed by atoms with Crippen molar-refractivity contribution in [2.45, 2.75) is 63.7 Å². The Hall–Kier alpha value is 0.0600. The van der Waals surface area contributed by atoms with Gasteiger partial charge in [-0.1, -0.05) is 26.7 Å². The van der Waals surface area contributed by atoms with Crippen LogP contribution < -0.4 is 5.32 Å². The fourth-order valence-electron chi connectivity index (χ4n) is 3.12. The molecule has 6 heteroatoms. The fourth-order valence-corrected chi connectivity index (χ4v) is 6.38. The van der Waals surface area contributed by atoms with E-state index >= 15 is 0 Å². The summed E-state index contributed by atoms with van der Waals surface area (Å²) in [6, 6.07) is 0.290. The summed E-state index contributed by atoms with van der Waals surface area (Å²) in [7, 11) is -4.08. The first kappa shape index (κ1) is 19.1. The Morgan fingerprint density at radius 1 is 1.19 bits per heavy atom. The Morgan fingerprint density at radius 3 is 2.48 bits per heavy atom. The second kappa shape index (κ2) is 9.26. The van der Waals surface area contributed by atoms with Gasteiger partial charge in [0.05, 0.1) is 11.0 Å². The van der Waals surface area contributed by atoms with Crippen molar-refractivity contribution in [1.82, 2.24) is 5.32 Å². The van der Waals surface area contributed by atoms with E-state index < -0.39 is 20.6 Å². The normalized spacial score (nSPS) is 28.4. The van der Waals surface area contributed by atoms with E-state index in [4.69, 9.17) is 0 Å².